The van der Waals surface area contributed by atoms with E-state index in [1.165, 1.54) is 0 Å². The van der Waals surface area contributed by atoms with Gasteiger partial charge < -0.3 is 10.8 Å². The molecule has 0 aliphatic heterocycles. The predicted octanol–water partition coefficient (Wildman–Crippen LogP) is 2.75. The van der Waals surface area contributed by atoms with Crippen LogP contribution in [0.3, 0.4) is 0 Å². The minimum absolute atomic E-state index is 0.325. The van der Waals surface area contributed by atoms with Crippen LogP contribution < -0.4 is 5.73 Å². The van der Waals surface area contributed by atoms with Crippen molar-refractivity contribution in [3.05, 3.63) is 23.1 Å². The maximum absolute atomic E-state index is 9.42. The number of fused-ring (bicyclic) bond motifs is 1. The van der Waals surface area contributed by atoms with E-state index >= 15 is 0 Å². The van der Waals surface area contributed by atoms with Crippen LogP contribution in [0.25, 0.3) is 10.1 Å². The van der Waals surface area contributed by atoms with Crippen molar-refractivity contribution >= 4 is 27.1 Å². The molecular formula is C10H11NOS. The number of phenolic OH excluding ortho intramolecular Hbond substituents is 1. The Morgan fingerprint density at radius 2 is 2.23 bits per heavy atom. The van der Waals surface area contributed by atoms with Gasteiger partial charge >= 0.3 is 0 Å². The Balaban J connectivity index is 2.85. The fourth-order valence-electron chi connectivity index (χ4n) is 1.54. The Kier molecular flexibility index (Phi) is 1.88. The van der Waals surface area contributed by atoms with Crippen LogP contribution >= 0.6 is 11.3 Å². The fourth-order valence-corrected chi connectivity index (χ4v) is 2.47. The number of nitrogens with two attached hydrogens (primary N) is 1. The van der Waals surface area contributed by atoms with E-state index in [1.807, 2.05) is 5.38 Å². The summed E-state index contributed by atoms with van der Waals surface area (Å²) in [5.74, 6) is 0.325. The van der Waals surface area contributed by atoms with E-state index in [9.17, 15) is 5.11 Å². The average molecular weight is 193 g/mol. The van der Waals surface area contributed by atoms with Gasteiger partial charge in [-0.3, -0.25) is 0 Å². The van der Waals surface area contributed by atoms with E-state index in [0.29, 0.717) is 5.75 Å². The van der Waals surface area contributed by atoms with Crippen LogP contribution in [-0.2, 0) is 6.42 Å². The van der Waals surface area contributed by atoms with Gasteiger partial charge in [0.1, 0.15) is 5.75 Å². The SMILES string of the molecule is CCc1cc(O)cc2scc(N)c12. The first-order valence-electron chi connectivity index (χ1n) is 4.21. The molecule has 2 aromatic rings. The van der Waals surface area contributed by atoms with E-state index in [0.717, 1.165) is 27.8 Å². The normalized spacial score (nSPS) is 10.8. The van der Waals surface area contributed by atoms with Crippen molar-refractivity contribution in [1.29, 1.82) is 0 Å². The third kappa shape index (κ3) is 1.25. The first kappa shape index (κ1) is 8.38. The number of rotatable bonds is 1. The van der Waals surface area contributed by atoms with Gasteiger partial charge in [0.15, 0.2) is 0 Å². The quantitative estimate of drug-likeness (QED) is 0.731. The highest BCUT2D eigenvalue weighted by Gasteiger charge is 2.06. The van der Waals surface area contributed by atoms with E-state index in [1.54, 1.807) is 23.5 Å². The molecule has 68 valence electrons. The lowest BCUT2D eigenvalue weighted by Gasteiger charge is -2.01. The highest BCUT2D eigenvalue weighted by Crippen LogP contribution is 2.34. The smallest absolute Gasteiger partial charge is 0.117 e. The summed E-state index contributed by atoms with van der Waals surface area (Å²) in [4.78, 5) is 0. The van der Waals surface area contributed by atoms with Crippen LogP contribution in [0.5, 0.6) is 5.75 Å². The van der Waals surface area contributed by atoms with Gasteiger partial charge in [0.05, 0.1) is 5.69 Å². The molecule has 0 aliphatic rings. The second-order valence-corrected chi connectivity index (χ2v) is 3.93. The van der Waals surface area contributed by atoms with Gasteiger partial charge in [0.25, 0.3) is 0 Å². The Labute approximate surface area is 80.6 Å². The first-order chi connectivity index (χ1) is 6.22. The third-order valence-electron chi connectivity index (χ3n) is 2.15. The standard InChI is InChI=1S/C10H11NOS/c1-2-6-3-7(12)4-9-10(6)8(11)5-13-9/h3-5,12H,2,11H2,1H3. The second kappa shape index (κ2) is 2.92. The van der Waals surface area contributed by atoms with Crippen LogP contribution in [0, 0.1) is 0 Å². The molecule has 0 radical (unpaired) electrons. The molecule has 0 fully saturated rings. The van der Waals surface area contributed by atoms with Crippen molar-refractivity contribution in [1.82, 2.24) is 0 Å². The molecule has 2 rings (SSSR count). The third-order valence-corrected chi connectivity index (χ3v) is 3.10. The zero-order valence-corrected chi connectivity index (χ0v) is 8.19. The van der Waals surface area contributed by atoms with Crippen molar-refractivity contribution in [3.63, 3.8) is 0 Å². The zero-order valence-electron chi connectivity index (χ0n) is 7.37. The molecular weight excluding hydrogens is 182 g/mol. The monoisotopic (exact) mass is 193 g/mol. The molecule has 0 amide bonds. The van der Waals surface area contributed by atoms with Gasteiger partial charge in [-0.1, -0.05) is 6.92 Å². The maximum Gasteiger partial charge on any atom is 0.117 e. The Morgan fingerprint density at radius 3 is 2.92 bits per heavy atom. The highest BCUT2D eigenvalue weighted by molar-refractivity contribution is 7.17. The summed E-state index contributed by atoms with van der Waals surface area (Å²) in [6, 6.07) is 3.54. The van der Waals surface area contributed by atoms with Gasteiger partial charge in [-0.2, -0.15) is 0 Å². The molecule has 0 saturated heterocycles. The lowest BCUT2D eigenvalue weighted by molar-refractivity contribution is 0.475. The van der Waals surface area contributed by atoms with E-state index in [2.05, 4.69) is 6.92 Å². The predicted molar refractivity (Wildman–Crippen MR) is 57.3 cm³/mol. The van der Waals surface area contributed by atoms with Gasteiger partial charge in [-0.25, -0.2) is 0 Å². The van der Waals surface area contributed by atoms with Crippen molar-refractivity contribution < 1.29 is 5.11 Å². The molecule has 0 unspecified atom stereocenters. The van der Waals surface area contributed by atoms with Crippen LogP contribution in [0.2, 0.25) is 0 Å². The van der Waals surface area contributed by atoms with Gasteiger partial charge in [-0.05, 0) is 24.1 Å². The molecule has 2 nitrogen and oxygen atoms in total. The minimum Gasteiger partial charge on any atom is -0.508 e. The van der Waals surface area contributed by atoms with E-state index in [-0.39, 0.29) is 0 Å². The molecule has 3 N–H and O–H groups in total. The summed E-state index contributed by atoms with van der Waals surface area (Å²) < 4.78 is 1.06. The molecule has 1 heterocycles. The molecule has 0 bridgehead atoms. The molecule has 0 atom stereocenters. The molecule has 13 heavy (non-hydrogen) atoms. The van der Waals surface area contributed by atoms with Crippen LogP contribution in [-0.4, -0.2) is 5.11 Å². The van der Waals surface area contributed by atoms with Crippen molar-refractivity contribution in [3.8, 4) is 5.75 Å². The minimum atomic E-state index is 0.325. The number of aryl methyl sites for hydroxylation is 1. The number of thiophene rings is 1. The van der Waals surface area contributed by atoms with Crippen LogP contribution in [0.15, 0.2) is 17.5 Å². The molecule has 3 heteroatoms. The molecule has 0 saturated carbocycles. The van der Waals surface area contributed by atoms with Crippen molar-refractivity contribution in [2.75, 3.05) is 5.73 Å². The highest BCUT2D eigenvalue weighted by atomic mass is 32.1. The summed E-state index contributed by atoms with van der Waals surface area (Å²) in [6.07, 6.45) is 0.895. The number of anilines is 1. The molecule has 1 aromatic heterocycles. The molecule has 1 aromatic carbocycles. The van der Waals surface area contributed by atoms with Crippen LogP contribution in [0.4, 0.5) is 5.69 Å². The summed E-state index contributed by atoms with van der Waals surface area (Å²) in [5, 5.41) is 12.4. The summed E-state index contributed by atoms with van der Waals surface area (Å²) in [7, 11) is 0. The summed E-state index contributed by atoms with van der Waals surface area (Å²) >= 11 is 1.57. The number of nitrogen functional groups attached to an aromatic ring is 1. The van der Waals surface area contributed by atoms with Crippen LogP contribution in [0.1, 0.15) is 12.5 Å². The van der Waals surface area contributed by atoms with E-state index in [4.69, 9.17) is 5.73 Å². The number of benzene rings is 1. The first-order valence-corrected chi connectivity index (χ1v) is 5.09. The average Bonchev–Trinajstić information content (AvgIpc) is 2.46. The van der Waals surface area contributed by atoms with Crippen molar-refractivity contribution in [2.45, 2.75) is 13.3 Å². The second-order valence-electron chi connectivity index (χ2n) is 3.02. The van der Waals surface area contributed by atoms with Gasteiger partial charge in [-0.15, -0.1) is 11.3 Å². The number of aromatic hydroxyl groups is 1. The lowest BCUT2D eigenvalue weighted by Crippen LogP contribution is -1.86. The largest absolute Gasteiger partial charge is 0.508 e. The zero-order chi connectivity index (χ0) is 9.42. The molecule has 0 aliphatic carbocycles. The van der Waals surface area contributed by atoms with Gasteiger partial charge in [0, 0.05) is 15.5 Å². The Bertz CT molecular complexity index is 447. The summed E-state index contributed by atoms with van der Waals surface area (Å²) in [5.41, 5.74) is 7.77. The molecule has 0 spiro atoms. The fraction of sp³-hybridized carbons (Fsp3) is 0.200. The Morgan fingerprint density at radius 1 is 1.46 bits per heavy atom. The lowest BCUT2D eigenvalue weighted by atomic mass is 10.1. The number of phenols is 1. The summed E-state index contributed by atoms with van der Waals surface area (Å²) in [6.45, 7) is 2.06. The van der Waals surface area contributed by atoms with E-state index < -0.39 is 0 Å². The Hall–Kier alpha value is -1.22. The van der Waals surface area contributed by atoms with Gasteiger partial charge in [0.2, 0.25) is 0 Å². The topological polar surface area (TPSA) is 46.2 Å². The number of hydrogen-bond acceptors (Lipinski definition) is 3. The van der Waals surface area contributed by atoms with Crippen molar-refractivity contribution in [2.24, 2.45) is 0 Å². The number of hydrogen-bond donors (Lipinski definition) is 2. The maximum atomic E-state index is 9.42.